The molecule has 1 aliphatic heterocycles. The number of carbonyl (C=O) groups is 1. The number of nitrogens with zero attached hydrogens (tertiary/aromatic N) is 3. The lowest BCUT2D eigenvalue weighted by Gasteiger charge is -2.17. The standard InChI is InChI=1S/C22H22BrN3O2/c23-20-5-1-17(2-6-20)19-9-11-26(15-19)22(27)18-3-7-21(8-4-18)28-14-13-25-12-10-24-16-25/h1-8,10,12,16,19H,9,11,13-15H2/t19-/m1/s1. The second-order valence-corrected chi connectivity index (χ2v) is 7.88. The van der Waals surface area contributed by atoms with E-state index in [0.717, 1.165) is 36.3 Å². The van der Waals surface area contributed by atoms with Gasteiger partial charge in [-0.1, -0.05) is 28.1 Å². The molecule has 0 bridgehead atoms. The first kappa shape index (κ1) is 18.7. The van der Waals surface area contributed by atoms with Crippen LogP contribution in [0, 0.1) is 0 Å². The molecule has 0 aliphatic carbocycles. The van der Waals surface area contributed by atoms with Crippen LogP contribution >= 0.6 is 15.9 Å². The maximum absolute atomic E-state index is 12.8. The maximum atomic E-state index is 12.8. The summed E-state index contributed by atoms with van der Waals surface area (Å²) in [6.07, 6.45) is 6.42. The van der Waals surface area contributed by atoms with Crippen molar-refractivity contribution in [3.63, 3.8) is 0 Å². The number of likely N-dealkylation sites (tertiary alicyclic amines) is 1. The van der Waals surface area contributed by atoms with Crippen LogP contribution in [0.15, 0.2) is 71.7 Å². The van der Waals surface area contributed by atoms with Crippen LogP contribution in [0.3, 0.4) is 0 Å². The van der Waals surface area contributed by atoms with E-state index in [1.54, 1.807) is 12.5 Å². The highest BCUT2D eigenvalue weighted by molar-refractivity contribution is 9.10. The van der Waals surface area contributed by atoms with E-state index in [9.17, 15) is 4.79 Å². The van der Waals surface area contributed by atoms with Crippen molar-refractivity contribution in [2.45, 2.75) is 18.9 Å². The third-order valence-corrected chi connectivity index (χ3v) is 5.62. The zero-order chi connectivity index (χ0) is 19.3. The van der Waals surface area contributed by atoms with Gasteiger partial charge >= 0.3 is 0 Å². The fourth-order valence-electron chi connectivity index (χ4n) is 3.52. The molecule has 0 unspecified atom stereocenters. The molecule has 6 heteroatoms. The summed E-state index contributed by atoms with van der Waals surface area (Å²) in [5, 5.41) is 0. The molecule has 2 aromatic carbocycles. The average Bonchev–Trinajstić information content (AvgIpc) is 3.41. The van der Waals surface area contributed by atoms with Crippen LogP contribution in [0.5, 0.6) is 5.75 Å². The molecule has 28 heavy (non-hydrogen) atoms. The number of ether oxygens (including phenoxy) is 1. The molecule has 0 saturated carbocycles. The number of carbonyl (C=O) groups excluding carboxylic acids is 1. The molecule has 144 valence electrons. The Kier molecular flexibility index (Phi) is 5.76. The van der Waals surface area contributed by atoms with E-state index in [2.05, 4.69) is 45.2 Å². The first-order valence-electron chi connectivity index (χ1n) is 9.42. The van der Waals surface area contributed by atoms with E-state index in [4.69, 9.17) is 4.74 Å². The Morgan fingerprint density at radius 1 is 1.14 bits per heavy atom. The fraction of sp³-hybridized carbons (Fsp3) is 0.273. The Hall–Kier alpha value is -2.60. The third kappa shape index (κ3) is 4.44. The summed E-state index contributed by atoms with van der Waals surface area (Å²) >= 11 is 3.47. The van der Waals surface area contributed by atoms with Gasteiger partial charge in [0.2, 0.25) is 0 Å². The van der Waals surface area contributed by atoms with Crippen LogP contribution in [0.1, 0.15) is 28.3 Å². The Balaban J connectivity index is 1.31. The summed E-state index contributed by atoms with van der Waals surface area (Å²) in [6, 6.07) is 15.8. The van der Waals surface area contributed by atoms with Crippen molar-refractivity contribution >= 4 is 21.8 Å². The van der Waals surface area contributed by atoms with Crippen molar-refractivity contribution in [1.82, 2.24) is 14.5 Å². The van der Waals surface area contributed by atoms with Crippen molar-refractivity contribution in [2.24, 2.45) is 0 Å². The summed E-state index contributed by atoms with van der Waals surface area (Å²) in [5.41, 5.74) is 2.00. The molecule has 4 rings (SSSR count). The smallest absolute Gasteiger partial charge is 0.253 e. The minimum absolute atomic E-state index is 0.0876. The molecule has 1 fully saturated rings. The maximum Gasteiger partial charge on any atom is 0.253 e. The molecule has 1 atom stereocenters. The molecule has 1 saturated heterocycles. The average molecular weight is 440 g/mol. The zero-order valence-electron chi connectivity index (χ0n) is 15.5. The second kappa shape index (κ2) is 8.61. The third-order valence-electron chi connectivity index (χ3n) is 5.10. The number of hydrogen-bond donors (Lipinski definition) is 0. The minimum Gasteiger partial charge on any atom is -0.492 e. The first-order chi connectivity index (χ1) is 13.7. The summed E-state index contributed by atoms with van der Waals surface area (Å²) in [4.78, 5) is 18.8. The molecule has 2 heterocycles. The zero-order valence-corrected chi connectivity index (χ0v) is 17.1. The summed E-state index contributed by atoms with van der Waals surface area (Å²) in [6.45, 7) is 2.86. The second-order valence-electron chi connectivity index (χ2n) is 6.96. The van der Waals surface area contributed by atoms with Gasteiger partial charge in [0, 0.05) is 41.4 Å². The van der Waals surface area contributed by atoms with Crippen LogP contribution in [0.25, 0.3) is 0 Å². The molecule has 1 aromatic heterocycles. The fourth-order valence-corrected chi connectivity index (χ4v) is 3.78. The normalized spacial score (nSPS) is 16.3. The summed E-state index contributed by atoms with van der Waals surface area (Å²) < 4.78 is 8.79. The van der Waals surface area contributed by atoms with Crippen molar-refractivity contribution in [3.8, 4) is 5.75 Å². The lowest BCUT2D eigenvalue weighted by molar-refractivity contribution is 0.0790. The Morgan fingerprint density at radius 2 is 1.93 bits per heavy atom. The lowest BCUT2D eigenvalue weighted by atomic mass is 9.99. The van der Waals surface area contributed by atoms with Crippen LogP contribution < -0.4 is 4.74 Å². The lowest BCUT2D eigenvalue weighted by Crippen LogP contribution is -2.28. The van der Waals surface area contributed by atoms with Gasteiger partial charge in [-0.15, -0.1) is 0 Å². The molecule has 0 N–H and O–H groups in total. The molecular weight excluding hydrogens is 418 g/mol. The topological polar surface area (TPSA) is 47.4 Å². The molecule has 1 aliphatic rings. The predicted octanol–water partition coefficient (Wildman–Crippen LogP) is 4.35. The first-order valence-corrected chi connectivity index (χ1v) is 10.2. The van der Waals surface area contributed by atoms with E-state index in [1.807, 2.05) is 39.9 Å². The van der Waals surface area contributed by atoms with Crippen molar-refractivity contribution in [2.75, 3.05) is 19.7 Å². The Bertz CT molecular complexity index is 908. The van der Waals surface area contributed by atoms with Gasteiger partial charge in [0.05, 0.1) is 12.9 Å². The molecule has 5 nitrogen and oxygen atoms in total. The van der Waals surface area contributed by atoms with Gasteiger partial charge in [-0.2, -0.15) is 0 Å². The number of benzene rings is 2. The van der Waals surface area contributed by atoms with Crippen LogP contribution in [0.2, 0.25) is 0 Å². The van der Waals surface area contributed by atoms with Gasteiger partial charge in [-0.05, 0) is 48.4 Å². The molecule has 0 radical (unpaired) electrons. The van der Waals surface area contributed by atoms with Crippen LogP contribution in [0.4, 0.5) is 0 Å². The van der Waals surface area contributed by atoms with Gasteiger partial charge in [0.1, 0.15) is 12.4 Å². The summed E-state index contributed by atoms with van der Waals surface area (Å²) in [5.74, 6) is 1.26. The van der Waals surface area contributed by atoms with Crippen molar-refractivity contribution in [1.29, 1.82) is 0 Å². The molecule has 3 aromatic rings. The van der Waals surface area contributed by atoms with Crippen LogP contribution in [-0.4, -0.2) is 40.1 Å². The number of amides is 1. The van der Waals surface area contributed by atoms with Gasteiger partial charge in [0.25, 0.3) is 5.91 Å². The van der Waals surface area contributed by atoms with E-state index < -0.39 is 0 Å². The van der Waals surface area contributed by atoms with Gasteiger partial charge in [-0.25, -0.2) is 4.98 Å². The highest BCUT2D eigenvalue weighted by atomic mass is 79.9. The van der Waals surface area contributed by atoms with Crippen LogP contribution in [-0.2, 0) is 6.54 Å². The number of aromatic nitrogens is 2. The monoisotopic (exact) mass is 439 g/mol. The Labute approximate surface area is 173 Å². The minimum atomic E-state index is 0.0876. The number of halogens is 1. The number of hydrogen-bond acceptors (Lipinski definition) is 3. The molecule has 1 amide bonds. The predicted molar refractivity (Wildman–Crippen MR) is 112 cm³/mol. The van der Waals surface area contributed by atoms with E-state index in [-0.39, 0.29) is 5.91 Å². The quantitative estimate of drug-likeness (QED) is 0.573. The number of imidazole rings is 1. The largest absolute Gasteiger partial charge is 0.492 e. The SMILES string of the molecule is O=C(c1ccc(OCCn2ccnc2)cc1)N1CC[C@@H](c2ccc(Br)cc2)C1. The summed E-state index contributed by atoms with van der Waals surface area (Å²) in [7, 11) is 0. The van der Waals surface area contributed by atoms with E-state index >= 15 is 0 Å². The van der Waals surface area contributed by atoms with Gasteiger partial charge in [0.15, 0.2) is 0 Å². The van der Waals surface area contributed by atoms with Gasteiger partial charge in [-0.3, -0.25) is 4.79 Å². The Morgan fingerprint density at radius 3 is 2.64 bits per heavy atom. The molecule has 0 spiro atoms. The van der Waals surface area contributed by atoms with Crippen molar-refractivity contribution < 1.29 is 9.53 Å². The van der Waals surface area contributed by atoms with E-state index in [1.165, 1.54) is 5.56 Å². The highest BCUT2D eigenvalue weighted by Gasteiger charge is 2.27. The van der Waals surface area contributed by atoms with Crippen molar-refractivity contribution in [3.05, 3.63) is 82.9 Å². The van der Waals surface area contributed by atoms with E-state index in [0.29, 0.717) is 18.1 Å². The van der Waals surface area contributed by atoms with Gasteiger partial charge < -0.3 is 14.2 Å². The highest BCUT2D eigenvalue weighted by Crippen LogP contribution is 2.29. The number of rotatable bonds is 6. The molecular formula is C22H22BrN3O2.